The number of esters is 2. The van der Waals surface area contributed by atoms with Gasteiger partial charge >= 0.3 is 11.9 Å². The van der Waals surface area contributed by atoms with Crippen molar-refractivity contribution in [1.29, 1.82) is 0 Å². The van der Waals surface area contributed by atoms with E-state index in [4.69, 9.17) is 9.47 Å². The summed E-state index contributed by atoms with van der Waals surface area (Å²) in [6, 6.07) is 0. The summed E-state index contributed by atoms with van der Waals surface area (Å²) in [6.45, 7) is 20.8. The quantitative estimate of drug-likeness (QED) is 0.248. The molecule has 10 atom stereocenters. The van der Waals surface area contributed by atoms with E-state index in [0.29, 0.717) is 34.4 Å². The lowest BCUT2D eigenvalue weighted by Gasteiger charge is -2.62. The molecule has 0 aliphatic heterocycles. The number of rotatable bonds is 7. The van der Waals surface area contributed by atoms with E-state index in [0.717, 1.165) is 50.5 Å². The van der Waals surface area contributed by atoms with E-state index in [1.54, 1.807) is 6.92 Å². The first-order valence-corrected chi connectivity index (χ1v) is 15.6. The van der Waals surface area contributed by atoms with Crippen molar-refractivity contribution in [2.75, 3.05) is 0 Å². The molecule has 218 valence electrons. The molecule has 0 saturated heterocycles. The van der Waals surface area contributed by atoms with Gasteiger partial charge in [-0.15, -0.1) is 0 Å². The highest BCUT2D eigenvalue weighted by Crippen LogP contribution is 2.88. The van der Waals surface area contributed by atoms with Crippen LogP contribution in [-0.4, -0.2) is 29.9 Å². The largest absolute Gasteiger partial charge is 0.462 e. The number of fused-ring (bicyclic) bond motifs is 2. The van der Waals surface area contributed by atoms with Crippen LogP contribution in [0, 0.1) is 50.7 Å². The first-order chi connectivity index (χ1) is 18.1. The summed E-state index contributed by atoms with van der Waals surface area (Å²) in [6.07, 6.45) is 10.1. The predicted molar refractivity (Wildman–Crippen MR) is 152 cm³/mol. The van der Waals surface area contributed by atoms with Crippen LogP contribution in [-0.2, 0) is 23.9 Å². The number of Topliss-reactive ketones (excluding diaryl/α,β-unsaturated/α-hetero) is 1. The van der Waals surface area contributed by atoms with Crippen LogP contribution < -0.4 is 0 Å². The molecule has 0 aromatic heterocycles. The summed E-state index contributed by atoms with van der Waals surface area (Å²) in [5.74, 6) is 1.73. The van der Waals surface area contributed by atoms with Crippen molar-refractivity contribution >= 4 is 17.7 Å². The van der Waals surface area contributed by atoms with Crippen molar-refractivity contribution in [2.45, 2.75) is 132 Å². The molecule has 5 aliphatic carbocycles. The van der Waals surface area contributed by atoms with Crippen LogP contribution in [0.1, 0.15) is 120 Å². The minimum absolute atomic E-state index is 0.0687. The number of hydrogen-bond acceptors (Lipinski definition) is 5. The second-order valence-electron chi connectivity index (χ2n) is 15.5. The summed E-state index contributed by atoms with van der Waals surface area (Å²) >= 11 is 0. The molecule has 0 unspecified atom stereocenters. The third-order valence-electron chi connectivity index (χ3n) is 13.6. The van der Waals surface area contributed by atoms with Gasteiger partial charge in [0.25, 0.3) is 0 Å². The first-order valence-electron chi connectivity index (χ1n) is 15.6. The molecule has 2 spiro atoms. The fourth-order valence-corrected chi connectivity index (χ4v) is 11.8. The van der Waals surface area contributed by atoms with E-state index in [-0.39, 0.29) is 46.3 Å². The van der Waals surface area contributed by atoms with Crippen molar-refractivity contribution in [3.63, 3.8) is 0 Å². The zero-order chi connectivity index (χ0) is 28.8. The Morgan fingerprint density at radius 1 is 0.923 bits per heavy atom. The van der Waals surface area contributed by atoms with Crippen LogP contribution in [0.2, 0.25) is 0 Å². The molecule has 5 fully saturated rings. The smallest absolute Gasteiger partial charge is 0.303 e. The van der Waals surface area contributed by atoms with E-state index in [9.17, 15) is 14.4 Å². The highest BCUT2D eigenvalue weighted by Gasteiger charge is 2.83. The average molecular weight is 541 g/mol. The Morgan fingerprint density at radius 3 is 2.18 bits per heavy atom. The molecule has 0 N–H and O–H groups in total. The lowest BCUT2D eigenvalue weighted by Crippen LogP contribution is -2.57. The Kier molecular flexibility index (Phi) is 6.79. The normalized spacial score (nSPS) is 45.1. The molecule has 0 amide bonds. The summed E-state index contributed by atoms with van der Waals surface area (Å²) in [5, 5.41) is 0. The molecule has 5 nitrogen and oxygen atoms in total. The fraction of sp³-hybridized carbons (Fsp3) is 0.853. The summed E-state index contributed by atoms with van der Waals surface area (Å²) in [7, 11) is 0. The Hall–Kier alpha value is -1.65. The van der Waals surface area contributed by atoms with Gasteiger partial charge in [-0.25, -0.2) is 0 Å². The maximum absolute atomic E-state index is 13.0. The number of carbonyl (C=O) groups excluding carboxylic acids is 3. The Labute approximate surface area is 236 Å². The Bertz CT molecular complexity index is 1080. The van der Waals surface area contributed by atoms with Crippen molar-refractivity contribution < 1.29 is 23.9 Å². The van der Waals surface area contributed by atoms with Gasteiger partial charge in [0.2, 0.25) is 0 Å². The number of hydrogen-bond donors (Lipinski definition) is 0. The van der Waals surface area contributed by atoms with Crippen molar-refractivity contribution in [3.05, 3.63) is 12.2 Å². The van der Waals surface area contributed by atoms with Gasteiger partial charge < -0.3 is 9.47 Å². The van der Waals surface area contributed by atoms with Crippen LogP contribution >= 0.6 is 0 Å². The molecule has 5 saturated carbocycles. The Morgan fingerprint density at radius 2 is 1.56 bits per heavy atom. The van der Waals surface area contributed by atoms with E-state index in [1.165, 1.54) is 26.2 Å². The highest BCUT2D eigenvalue weighted by atomic mass is 16.5. The van der Waals surface area contributed by atoms with Gasteiger partial charge in [0.1, 0.15) is 18.0 Å². The molecular weight excluding hydrogens is 488 g/mol. The maximum atomic E-state index is 13.0. The molecular formula is C34H52O5. The van der Waals surface area contributed by atoms with Crippen molar-refractivity contribution in [1.82, 2.24) is 0 Å². The minimum Gasteiger partial charge on any atom is -0.462 e. The van der Waals surface area contributed by atoms with Crippen LogP contribution in [0.3, 0.4) is 0 Å². The van der Waals surface area contributed by atoms with Crippen LogP contribution in [0.15, 0.2) is 12.2 Å². The lowest BCUT2D eigenvalue weighted by molar-refractivity contribution is -0.158. The average Bonchev–Trinajstić information content (AvgIpc) is 3.43. The Balaban J connectivity index is 1.44. The summed E-state index contributed by atoms with van der Waals surface area (Å²) in [4.78, 5) is 37.1. The van der Waals surface area contributed by atoms with Gasteiger partial charge in [0.05, 0.1) is 0 Å². The van der Waals surface area contributed by atoms with E-state index in [1.807, 2.05) is 6.92 Å². The van der Waals surface area contributed by atoms with E-state index in [2.05, 4.69) is 41.2 Å². The predicted octanol–water partition coefficient (Wildman–Crippen LogP) is 7.46. The van der Waals surface area contributed by atoms with Crippen LogP contribution in [0.25, 0.3) is 0 Å². The number of ketones is 1. The monoisotopic (exact) mass is 540 g/mol. The standard InChI is InChI=1S/C34H52O5/c1-20(2)24(38-22(4)35)11-10-21(3)29-25(39-23(5)36)18-32(9)27-13-12-26-30(6,7)28(37)14-15-33(26)19-34(27,33)17-16-31(29,32)8/h21,24-27,29H,1,10-19H2,2-9H3/t21-,24+,25-,26-,27-,29-,31+,32-,33+,34-/m0/s1. The highest BCUT2D eigenvalue weighted by molar-refractivity contribution is 5.86. The summed E-state index contributed by atoms with van der Waals surface area (Å²) in [5.41, 5.74) is 1.51. The molecule has 39 heavy (non-hydrogen) atoms. The van der Waals surface area contributed by atoms with Crippen LogP contribution in [0.4, 0.5) is 0 Å². The summed E-state index contributed by atoms with van der Waals surface area (Å²) < 4.78 is 11.8. The lowest BCUT2D eigenvalue weighted by atomic mass is 9.42. The minimum atomic E-state index is -0.272. The molecule has 5 aliphatic rings. The molecule has 0 aromatic rings. The molecule has 0 heterocycles. The molecule has 0 radical (unpaired) electrons. The fourth-order valence-electron chi connectivity index (χ4n) is 11.8. The van der Waals surface area contributed by atoms with Crippen molar-refractivity contribution in [2.24, 2.45) is 50.7 Å². The third-order valence-corrected chi connectivity index (χ3v) is 13.6. The van der Waals surface area contributed by atoms with Crippen molar-refractivity contribution in [3.8, 4) is 0 Å². The maximum Gasteiger partial charge on any atom is 0.303 e. The van der Waals surface area contributed by atoms with E-state index >= 15 is 0 Å². The van der Waals surface area contributed by atoms with Gasteiger partial charge in [0.15, 0.2) is 0 Å². The second kappa shape index (κ2) is 9.18. The SMILES string of the molecule is C=C(C)[C@@H](CC[C@H](C)[C@H]1[C@@H](OC(C)=O)C[C@@]2(C)[C@@H]3CC[C@H]4C(C)(C)C(=O)CC[C@@]45C[C@@]35CC[C@]12C)OC(C)=O. The molecule has 0 bridgehead atoms. The van der Waals surface area contributed by atoms with Gasteiger partial charge in [-0.2, -0.15) is 0 Å². The molecule has 5 heteroatoms. The van der Waals surface area contributed by atoms with Gasteiger partial charge in [-0.1, -0.05) is 41.2 Å². The zero-order valence-corrected chi connectivity index (χ0v) is 25.8. The second-order valence-corrected chi connectivity index (χ2v) is 15.5. The topological polar surface area (TPSA) is 69.7 Å². The van der Waals surface area contributed by atoms with Crippen LogP contribution in [0.5, 0.6) is 0 Å². The van der Waals surface area contributed by atoms with Gasteiger partial charge in [-0.3, -0.25) is 14.4 Å². The molecule has 5 rings (SSSR count). The molecule has 0 aromatic carbocycles. The zero-order valence-electron chi connectivity index (χ0n) is 25.8. The number of carbonyl (C=O) groups is 3. The third kappa shape index (κ3) is 3.94. The van der Waals surface area contributed by atoms with Gasteiger partial charge in [0, 0.05) is 31.6 Å². The first kappa shape index (κ1) is 28.9. The number of ether oxygens (including phenoxy) is 2. The van der Waals surface area contributed by atoms with E-state index < -0.39 is 0 Å². The van der Waals surface area contributed by atoms with Gasteiger partial charge in [-0.05, 0) is 110 Å².